The van der Waals surface area contributed by atoms with Gasteiger partial charge in [0.1, 0.15) is 6.04 Å². The number of unbranched alkanes of at least 4 members (excludes halogenated alkanes) is 13. The summed E-state index contributed by atoms with van der Waals surface area (Å²) in [4.78, 5) is 27.0. The van der Waals surface area contributed by atoms with Crippen LogP contribution in [0.3, 0.4) is 0 Å². The first-order valence-corrected chi connectivity index (χ1v) is 13.4. The van der Waals surface area contributed by atoms with E-state index in [0.29, 0.717) is 6.42 Å². The van der Waals surface area contributed by atoms with E-state index in [2.05, 4.69) is 17.6 Å². The van der Waals surface area contributed by atoms with E-state index in [1.807, 2.05) is 11.9 Å². The third-order valence-corrected chi connectivity index (χ3v) is 6.52. The fourth-order valence-corrected chi connectivity index (χ4v) is 4.53. The molecular weight excluding hydrogens is 386 g/mol. The Bertz CT molecular complexity index is 456. The highest BCUT2D eigenvalue weighted by atomic mass is 16.2. The summed E-state index contributed by atoms with van der Waals surface area (Å²) in [7, 11) is 1.99. The van der Waals surface area contributed by atoms with E-state index in [1.54, 1.807) is 0 Å². The maximum absolute atomic E-state index is 12.6. The van der Waals surface area contributed by atoms with E-state index in [9.17, 15) is 9.59 Å². The van der Waals surface area contributed by atoms with Crippen molar-refractivity contribution in [2.24, 2.45) is 0 Å². The molecular formula is C26H51N3O2. The van der Waals surface area contributed by atoms with Gasteiger partial charge in [0.2, 0.25) is 11.8 Å². The molecule has 0 spiro atoms. The maximum Gasteiger partial charge on any atom is 0.242 e. The van der Waals surface area contributed by atoms with Crippen LogP contribution in [0.1, 0.15) is 122 Å². The summed E-state index contributed by atoms with van der Waals surface area (Å²) in [6.45, 7) is 4.83. The molecule has 182 valence electrons. The average molecular weight is 438 g/mol. The smallest absolute Gasteiger partial charge is 0.242 e. The molecule has 1 aliphatic rings. The Balaban J connectivity index is 2.07. The van der Waals surface area contributed by atoms with Crippen LogP contribution in [0.15, 0.2) is 0 Å². The number of rotatable bonds is 20. The number of nitrogens with one attached hydrogen (secondary N) is 2. The molecule has 0 aliphatic carbocycles. The van der Waals surface area contributed by atoms with Gasteiger partial charge < -0.3 is 15.5 Å². The third kappa shape index (κ3) is 13.8. The lowest BCUT2D eigenvalue weighted by Crippen LogP contribution is -2.46. The molecule has 5 nitrogen and oxygen atoms in total. The second kappa shape index (κ2) is 19.6. The summed E-state index contributed by atoms with van der Waals surface area (Å²) in [5, 5.41) is 6.25. The number of nitrogens with zero attached hydrogens (tertiary/aromatic N) is 1. The highest BCUT2D eigenvalue weighted by Crippen LogP contribution is 2.20. The Labute approximate surface area is 192 Å². The Hall–Kier alpha value is -1.10. The van der Waals surface area contributed by atoms with Crippen LogP contribution >= 0.6 is 0 Å². The lowest BCUT2D eigenvalue weighted by atomic mass is 10.1. The van der Waals surface area contributed by atoms with E-state index in [0.717, 1.165) is 58.2 Å². The number of likely N-dealkylation sites (tertiary alicyclic amines) is 1. The first kappa shape index (κ1) is 27.9. The number of carbonyl (C=O) groups excluding carboxylic acids is 2. The van der Waals surface area contributed by atoms with Crippen molar-refractivity contribution in [1.29, 1.82) is 0 Å². The van der Waals surface area contributed by atoms with E-state index >= 15 is 0 Å². The number of amides is 2. The van der Waals surface area contributed by atoms with Gasteiger partial charge >= 0.3 is 0 Å². The van der Waals surface area contributed by atoms with E-state index in [1.165, 1.54) is 70.6 Å². The van der Waals surface area contributed by atoms with Crippen molar-refractivity contribution in [2.75, 3.05) is 26.7 Å². The van der Waals surface area contributed by atoms with Crippen molar-refractivity contribution in [3.8, 4) is 0 Å². The van der Waals surface area contributed by atoms with Crippen LogP contribution in [0, 0.1) is 0 Å². The predicted octanol–water partition coefficient (Wildman–Crippen LogP) is 5.57. The Morgan fingerprint density at radius 2 is 1.32 bits per heavy atom. The molecule has 1 aliphatic heterocycles. The lowest BCUT2D eigenvalue weighted by molar-refractivity contribution is -0.138. The van der Waals surface area contributed by atoms with Crippen LogP contribution < -0.4 is 10.6 Å². The molecule has 0 saturated carbocycles. The molecule has 1 saturated heterocycles. The summed E-state index contributed by atoms with van der Waals surface area (Å²) in [6.07, 6.45) is 21.0. The minimum absolute atomic E-state index is 0.0594. The summed E-state index contributed by atoms with van der Waals surface area (Å²) in [6, 6.07) is -0.230. The zero-order valence-corrected chi connectivity index (χ0v) is 20.7. The van der Waals surface area contributed by atoms with Crippen molar-refractivity contribution >= 4 is 11.8 Å². The summed E-state index contributed by atoms with van der Waals surface area (Å²) in [5.74, 6) is 0.242. The van der Waals surface area contributed by atoms with Gasteiger partial charge in [0.25, 0.3) is 0 Å². The van der Waals surface area contributed by atoms with Gasteiger partial charge in [0.05, 0.1) is 0 Å². The zero-order chi connectivity index (χ0) is 22.6. The van der Waals surface area contributed by atoms with Crippen molar-refractivity contribution in [2.45, 2.75) is 129 Å². The molecule has 1 rings (SSSR count). The molecule has 2 amide bonds. The molecule has 0 radical (unpaired) electrons. The van der Waals surface area contributed by atoms with Gasteiger partial charge in [0, 0.05) is 19.5 Å². The highest BCUT2D eigenvalue weighted by Gasteiger charge is 2.33. The SMILES string of the molecule is CCCCCCCCCCCCC(=O)N1CCCC1C(=O)NCCCCCCCNC. The van der Waals surface area contributed by atoms with Crippen LogP contribution in [0.5, 0.6) is 0 Å². The topological polar surface area (TPSA) is 61.4 Å². The average Bonchev–Trinajstić information content (AvgIpc) is 3.27. The minimum Gasteiger partial charge on any atom is -0.354 e. The Morgan fingerprint density at radius 3 is 1.94 bits per heavy atom. The normalized spacial score (nSPS) is 16.1. The second-order valence-electron chi connectivity index (χ2n) is 9.34. The zero-order valence-electron chi connectivity index (χ0n) is 20.7. The first-order chi connectivity index (χ1) is 15.2. The van der Waals surface area contributed by atoms with Crippen LogP contribution in [0.4, 0.5) is 0 Å². The molecule has 0 aromatic heterocycles. The monoisotopic (exact) mass is 437 g/mol. The molecule has 1 atom stereocenters. The predicted molar refractivity (Wildman–Crippen MR) is 131 cm³/mol. The van der Waals surface area contributed by atoms with Gasteiger partial charge in [-0.15, -0.1) is 0 Å². The Kier molecular flexibility index (Phi) is 17.6. The molecule has 0 aromatic carbocycles. The van der Waals surface area contributed by atoms with Crippen LogP contribution in [0.2, 0.25) is 0 Å². The van der Waals surface area contributed by atoms with E-state index in [4.69, 9.17) is 0 Å². The molecule has 31 heavy (non-hydrogen) atoms. The molecule has 2 N–H and O–H groups in total. The molecule has 0 bridgehead atoms. The quantitative estimate of drug-likeness (QED) is 0.245. The van der Waals surface area contributed by atoms with Gasteiger partial charge in [0.15, 0.2) is 0 Å². The maximum atomic E-state index is 12.6. The summed E-state index contributed by atoms with van der Waals surface area (Å²) in [5.41, 5.74) is 0. The number of hydrogen-bond acceptors (Lipinski definition) is 3. The molecule has 1 fully saturated rings. The second-order valence-corrected chi connectivity index (χ2v) is 9.34. The van der Waals surface area contributed by atoms with E-state index in [-0.39, 0.29) is 17.9 Å². The van der Waals surface area contributed by atoms with Gasteiger partial charge in [-0.1, -0.05) is 84.0 Å². The van der Waals surface area contributed by atoms with Crippen LogP contribution in [0.25, 0.3) is 0 Å². The highest BCUT2D eigenvalue weighted by molar-refractivity contribution is 5.88. The first-order valence-electron chi connectivity index (χ1n) is 13.4. The van der Waals surface area contributed by atoms with Crippen molar-refractivity contribution in [1.82, 2.24) is 15.5 Å². The van der Waals surface area contributed by atoms with Gasteiger partial charge in [-0.05, 0) is 45.7 Å². The third-order valence-electron chi connectivity index (χ3n) is 6.52. The van der Waals surface area contributed by atoms with Gasteiger partial charge in [-0.25, -0.2) is 0 Å². The minimum atomic E-state index is -0.230. The molecule has 0 aromatic rings. The standard InChI is InChI=1S/C26H51N3O2/c1-3-4-5-6-7-8-9-10-12-15-20-25(30)29-23-18-19-24(29)26(31)28-22-17-14-11-13-16-21-27-2/h24,27H,3-23H2,1-2H3,(H,28,31). The van der Waals surface area contributed by atoms with Crippen LogP contribution in [-0.2, 0) is 9.59 Å². The van der Waals surface area contributed by atoms with E-state index < -0.39 is 0 Å². The molecule has 5 heteroatoms. The van der Waals surface area contributed by atoms with Crippen LogP contribution in [-0.4, -0.2) is 49.4 Å². The Morgan fingerprint density at radius 1 is 0.774 bits per heavy atom. The van der Waals surface area contributed by atoms with Crippen molar-refractivity contribution in [3.05, 3.63) is 0 Å². The summed E-state index contributed by atoms with van der Waals surface area (Å²) < 4.78 is 0. The van der Waals surface area contributed by atoms with Gasteiger partial charge in [-0.3, -0.25) is 9.59 Å². The number of hydrogen-bond donors (Lipinski definition) is 2. The fourth-order valence-electron chi connectivity index (χ4n) is 4.53. The number of carbonyl (C=O) groups is 2. The lowest BCUT2D eigenvalue weighted by Gasteiger charge is -2.24. The molecule has 1 heterocycles. The van der Waals surface area contributed by atoms with Crippen molar-refractivity contribution in [3.63, 3.8) is 0 Å². The van der Waals surface area contributed by atoms with Crippen molar-refractivity contribution < 1.29 is 9.59 Å². The summed E-state index contributed by atoms with van der Waals surface area (Å²) >= 11 is 0. The molecule has 1 unspecified atom stereocenters. The fraction of sp³-hybridized carbons (Fsp3) is 0.923. The largest absolute Gasteiger partial charge is 0.354 e. The van der Waals surface area contributed by atoms with Gasteiger partial charge in [-0.2, -0.15) is 0 Å².